The van der Waals surface area contributed by atoms with E-state index in [0.29, 0.717) is 35.4 Å². The summed E-state index contributed by atoms with van der Waals surface area (Å²) in [5.74, 6) is 2.42. The first kappa shape index (κ1) is 23.2. The van der Waals surface area contributed by atoms with Crippen molar-refractivity contribution < 1.29 is 14.3 Å². The monoisotopic (exact) mass is 501 g/mol. The molecule has 2 aromatic heterocycles. The minimum Gasteiger partial charge on any atom is -0.482 e. The topological polar surface area (TPSA) is 89.5 Å². The Balaban J connectivity index is 1.24. The van der Waals surface area contributed by atoms with E-state index < -0.39 is 0 Å². The summed E-state index contributed by atoms with van der Waals surface area (Å²) in [6.45, 7) is 0.352. The third-order valence-electron chi connectivity index (χ3n) is 5.97. The highest BCUT2D eigenvalue weighted by atomic mass is 16.5. The molecule has 0 saturated carbocycles. The molecule has 186 valence electrons. The highest BCUT2D eigenvalue weighted by Gasteiger charge is 2.26. The maximum atomic E-state index is 12.7. The molecule has 1 amide bonds. The molecule has 38 heavy (non-hydrogen) atoms. The number of amides is 1. The second kappa shape index (κ2) is 10.4. The van der Waals surface area contributed by atoms with Crippen LogP contribution in [0.1, 0.15) is 5.69 Å². The van der Waals surface area contributed by atoms with Gasteiger partial charge in [-0.1, -0.05) is 30.3 Å². The number of benzene rings is 3. The van der Waals surface area contributed by atoms with E-state index >= 15 is 0 Å². The van der Waals surface area contributed by atoms with E-state index in [9.17, 15) is 4.79 Å². The number of hydrogen-bond donors (Lipinski definition) is 1. The zero-order chi connectivity index (χ0) is 25.7. The van der Waals surface area contributed by atoms with Gasteiger partial charge in [0.2, 0.25) is 5.95 Å². The van der Waals surface area contributed by atoms with Gasteiger partial charge in [0, 0.05) is 29.7 Å². The number of carbonyl (C=O) groups excluding carboxylic acids is 1. The lowest BCUT2D eigenvalue weighted by molar-refractivity contribution is -0.121. The molecule has 1 N–H and O–H groups in total. The quantitative estimate of drug-likeness (QED) is 0.293. The molecule has 3 heterocycles. The van der Waals surface area contributed by atoms with Crippen LogP contribution in [0.15, 0.2) is 109 Å². The van der Waals surface area contributed by atoms with Crippen molar-refractivity contribution in [3.63, 3.8) is 0 Å². The van der Waals surface area contributed by atoms with Crippen molar-refractivity contribution in [1.82, 2.24) is 15.0 Å². The number of fused-ring (bicyclic) bond motifs is 1. The number of nitrogens with zero attached hydrogens (tertiary/aromatic N) is 4. The normalized spacial score (nSPS) is 12.4. The van der Waals surface area contributed by atoms with Gasteiger partial charge in [-0.15, -0.1) is 0 Å². The predicted molar refractivity (Wildman–Crippen MR) is 145 cm³/mol. The molecule has 1 aliphatic rings. The van der Waals surface area contributed by atoms with Crippen LogP contribution in [0, 0.1) is 0 Å². The standard InChI is InChI=1S/C30H23N5O3/c36-29-20-37-28-13-12-21(17-27(28)35(29)19-23-7-4-5-15-31-23)26-14-16-32-30(34-26)33-22-8-6-11-25(18-22)38-24-9-2-1-3-10-24/h1-18H,19-20H2,(H,32,33,34). The van der Waals surface area contributed by atoms with Crippen LogP contribution in [0.25, 0.3) is 11.3 Å². The zero-order valence-electron chi connectivity index (χ0n) is 20.3. The summed E-state index contributed by atoms with van der Waals surface area (Å²) in [6.07, 6.45) is 3.41. The van der Waals surface area contributed by atoms with Crippen molar-refractivity contribution in [1.29, 1.82) is 0 Å². The van der Waals surface area contributed by atoms with Crippen LogP contribution in [0.5, 0.6) is 17.2 Å². The van der Waals surface area contributed by atoms with Gasteiger partial charge < -0.3 is 14.8 Å². The predicted octanol–water partition coefficient (Wildman–Crippen LogP) is 6.00. The molecule has 8 nitrogen and oxygen atoms in total. The van der Waals surface area contributed by atoms with Crippen LogP contribution in [0.4, 0.5) is 17.3 Å². The Morgan fingerprint density at radius 1 is 0.842 bits per heavy atom. The number of anilines is 3. The first-order chi connectivity index (χ1) is 18.7. The van der Waals surface area contributed by atoms with Crippen LogP contribution in [0.2, 0.25) is 0 Å². The Morgan fingerprint density at radius 3 is 2.58 bits per heavy atom. The zero-order valence-corrected chi connectivity index (χ0v) is 20.3. The summed E-state index contributed by atoms with van der Waals surface area (Å²) in [6, 6.07) is 30.4. The van der Waals surface area contributed by atoms with Gasteiger partial charge in [-0.25, -0.2) is 9.97 Å². The summed E-state index contributed by atoms with van der Waals surface area (Å²) >= 11 is 0. The van der Waals surface area contributed by atoms with Crippen LogP contribution < -0.4 is 19.7 Å². The summed E-state index contributed by atoms with van der Waals surface area (Å²) in [4.78, 5) is 27.9. The van der Waals surface area contributed by atoms with Crippen LogP contribution >= 0.6 is 0 Å². The number of hydrogen-bond acceptors (Lipinski definition) is 7. The average Bonchev–Trinajstić information content (AvgIpc) is 2.96. The first-order valence-electron chi connectivity index (χ1n) is 12.1. The SMILES string of the molecule is O=C1COc2ccc(-c3ccnc(Nc4cccc(Oc5ccccc5)c4)n3)cc2N1Cc1ccccn1. The second-order valence-electron chi connectivity index (χ2n) is 8.61. The first-order valence-corrected chi connectivity index (χ1v) is 12.1. The van der Waals surface area contributed by atoms with E-state index in [1.54, 1.807) is 17.3 Å². The molecule has 0 saturated heterocycles. The lowest BCUT2D eigenvalue weighted by Crippen LogP contribution is -2.38. The minimum absolute atomic E-state index is 0.00614. The van der Waals surface area contributed by atoms with E-state index in [-0.39, 0.29) is 12.5 Å². The van der Waals surface area contributed by atoms with E-state index in [4.69, 9.17) is 14.5 Å². The van der Waals surface area contributed by atoms with Crippen LogP contribution in [-0.4, -0.2) is 27.5 Å². The molecule has 3 aromatic carbocycles. The Bertz CT molecular complexity index is 1580. The summed E-state index contributed by atoms with van der Waals surface area (Å²) in [5.41, 5.74) is 3.81. The summed E-state index contributed by atoms with van der Waals surface area (Å²) < 4.78 is 11.6. The summed E-state index contributed by atoms with van der Waals surface area (Å²) in [7, 11) is 0. The molecule has 5 aromatic rings. The molecule has 6 rings (SSSR count). The molecular weight excluding hydrogens is 478 g/mol. The average molecular weight is 502 g/mol. The molecule has 0 bridgehead atoms. The van der Waals surface area contributed by atoms with E-state index in [1.807, 2.05) is 97.1 Å². The molecular formula is C30H23N5O3. The van der Waals surface area contributed by atoms with Gasteiger partial charge >= 0.3 is 0 Å². The van der Waals surface area contributed by atoms with Crippen molar-refractivity contribution in [3.8, 4) is 28.5 Å². The highest BCUT2D eigenvalue weighted by molar-refractivity contribution is 5.98. The number of carbonyl (C=O) groups is 1. The van der Waals surface area contributed by atoms with Crippen LogP contribution in [-0.2, 0) is 11.3 Å². The third-order valence-corrected chi connectivity index (χ3v) is 5.97. The Morgan fingerprint density at radius 2 is 1.71 bits per heavy atom. The largest absolute Gasteiger partial charge is 0.482 e. The van der Waals surface area contributed by atoms with Gasteiger partial charge in [0.1, 0.15) is 17.2 Å². The minimum atomic E-state index is -0.122. The molecule has 0 spiro atoms. The van der Waals surface area contributed by atoms with Gasteiger partial charge in [0.15, 0.2) is 6.61 Å². The number of para-hydroxylation sites is 1. The maximum Gasteiger partial charge on any atom is 0.265 e. The van der Waals surface area contributed by atoms with Gasteiger partial charge in [-0.3, -0.25) is 14.7 Å². The molecule has 0 fully saturated rings. The molecule has 0 atom stereocenters. The Hall–Kier alpha value is -5.24. The Labute approximate surface area is 219 Å². The number of nitrogens with one attached hydrogen (secondary N) is 1. The lowest BCUT2D eigenvalue weighted by Gasteiger charge is -2.29. The fourth-order valence-corrected chi connectivity index (χ4v) is 4.16. The number of aromatic nitrogens is 3. The van der Waals surface area contributed by atoms with Crippen molar-refractivity contribution in [2.45, 2.75) is 6.54 Å². The van der Waals surface area contributed by atoms with E-state index in [0.717, 1.165) is 22.7 Å². The van der Waals surface area contributed by atoms with Crippen molar-refractivity contribution >= 4 is 23.2 Å². The van der Waals surface area contributed by atoms with Gasteiger partial charge in [-0.2, -0.15) is 0 Å². The molecule has 1 aliphatic heterocycles. The van der Waals surface area contributed by atoms with Crippen molar-refractivity contribution in [2.24, 2.45) is 0 Å². The van der Waals surface area contributed by atoms with E-state index in [2.05, 4.69) is 15.3 Å². The fraction of sp³-hybridized carbons (Fsp3) is 0.0667. The number of pyridine rings is 1. The van der Waals surface area contributed by atoms with E-state index in [1.165, 1.54) is 0 Å². The smallest absolute Gasteiger partial charge is 0.265 e. The lowest BCUT2D eigenvalue weighted by atomic mass is 10.1. The third kappa shape index (κ3) is 5.15. The highest BCUT2D eigenvalue weighted by Crippen LogP contribution is 2.36. The molecule has 8 heteroatoms. The fourth-order valence-electron chi connectivity index (χ4n) is 4.16. The number of rotatable bonds is 7. The van der Waals surface area contributed by atoms with Crippen molar-refractivity contribution in [2.75, 3.05) is 16.8 Å². The van der Waals surface area contributed by atoms with Gasteiger partial charge in [-0.05, 0) is 60.7 Å². The maximum absolute atomic E-state index is 12.7. The molecule has 0 unspecified atom stereocenters. The second-order valence-corrected chi connectivity index (χ2v) is 8.61. The molecule has 0 aliphatic carbocycles. The molecule has 0 radical (unpaired) electrons. The van der Waals surface area contributed by atoms with Crippen molar-refractivity contribution in [3.05, 3.63) is 115 Å². The Kier molecular flexibility index (Phi) is 6.34. The number of ether oxygens (including phenoxy) is 2. The van der Waals surface area contributed by atoms with Gasteiger partial charge in [0.25, 0.3) is 5.91 Å². The van der Waals surface area contributed by atoms with Gasteiger partial charge in [0.05, 0.1) is 23.6 Å². The van der Waals surface area contributed by atoms with Crippen LogP contribution in [0.3, 0.4) is 0 Å². The summed E-state index contributed by atoms with van der Waals surface area (Å²) in [5, 5.41) is 3.25.